The summed E-state index contributed by atoms with van der Waals surface area (Å²) in [6, 6.07) is 18.8. The predicted molar refractivity (Wildman–Crippen MR) is 107 cm³/mol. The first-order valence-electron chi connectivity index (χ1n) is 9.36. The first-order valence-corrected chi connectivity index (χ1v) is 9.36. The first-order chi connectivity index (χ1) is 12.3. The molecule has 1 atom stereocenters. The van der Waals surface area contributed by atoms with Crippen molar-refractivity contribution in [2.75, 3.05) is 7.11 Å². The molecule has 0 amide bonds. The van der Waals surface area contributed by atoms with Crippen LogP contribution in [0.4, 0.5) is 0 Å². The van der Waals surface area contributed by atoms with Gasteiger partial charge in [-0.1, -0.05) is 42.5 Å². The molecule has 0 aromatic heterocycles. The SMILES string of the molecule is COc1cccc(C(CCc2ccccc2)B2OC(C)(C)C(C)(C)O2)c1. The third-order valence-electron chi connectivity index (χ3n) is 5.71. The largest absolute Gasteiger partial charge is 0.497 e. The van der Waals surface area contributed by atoms with Gasteiger partial charge in [-0.05, 0) is 63.8 Å². The van der Waals surface area contributed by atoms with Crippen molar-refractivity contribution in [1.29, 1.82) is 0 Å². The molecule has 1 saturated heterocycles. The van der Waals surface area contributed by atoms with Crippen LogP contribution in [-0.4, -0.2) is 25.4 Å². The van der Waals surface area contributed by atoms with Gasteiger partial charge in [0.2, 0.25) is 0 Å². The third kappa shape index (κ3) is 3.97. The van der Waals surface area contributed by atoms with Gasteiger partial charge in [-0.3, -0.25) is 0 Å². The van der Waals surface area contributed by atoms with Gasteiger partial charge in [0.15, 0.2) is 0 Å². The summed E-state index contributed by atoms with van der Waals surface area (Å²) in [5.74, 6) is 1.01. The summed E-state index contributed by atoms with van der Waals surface area (Å²) in [4.78, 5) is 0. The molecule has 2 aromatic rings. The van der Waals surface area contributed by atoms with E-state index in [1.165, 1.54) is 11.1 Å². The van der Waals surface area contributed by atoms with Crippen molar-refractivity contribution < 1.29 is 14.0 Å². The maximum atomic E-state index is 6.38. The van der Waals surface area contributed by atoms with E-state index in [-0.39, 0.29) is 24.1 Å². The predicted octanol–water partition coefficient (Wildman–Crippen LogP) is 5.04. The molecule has 1 aliphatic heterocycles. The minimum atomic E-state index is -0.332. The summed E-state index contributed by atoms with van der Waals surface area (Å²) in [6.07, 6.45) is 1.93. The number of hydrogen-bond acceptors (Lipinski definition) is 3. The van der Waals surface area contributed by atoms with Gasteiger partial charge in [-0.2, -0.15) is 0 Å². The van der Waals surface area contributed by atoms with Crippen LogP contribution in [-0.2, 0) is 15.7 Å². The first kappa shape index (κ1) is 19.0. The molecule has 2 aromatic carbocycles. The van der Waals surface area contributed by atoms with Gasteiger partial charge in [0.25, 0.3) is 0 Å². The van der Waals surface area contributed by atoms with E-state index in [1.54, 1.807) is 7.11 Å². The highest BCUT2D eigenvalue weighted by molar-refractivity contribution is 6.47. The maximum absolute atomic E-state index is 6.38. The minimum absolute atomic E-state index is 0.145. The average molecular weight is 352 g/mol. The van der Waals surface area contributed by atoms with Crippen LogP contribution in [0.5, 0.6) is 5.75 Å². The molecule has 1 aliphatic rings. The number of hydrogen-bond donors (Lipinski definition) is 0. The van der Waals surface area contributed by atoms with Crippen molar-refractivity contribution in [3.05, 3.63) is 65.7 Å². The summed E-state index contributed by atoms with van der Waals surface area (Å²) in [7, 11) is 1.43. The second-order valence-electron chi connectivity index (χ2n) is 8.03. The molecule has 138 valence electrons. The van der Waals surface area contributed by atoms with E-state index in [1.807, 2.05) is 12.1 Å². The molecule has 0 bridgehead atoms. The zero-order valence-corrected chi connectivity index (χ0v) is 16.5. The van der Waals surface area contributed by atoms with Gasteiger partial charge in [0.1, 0.15) is 5.75 Å². The normalized spacial score (nSPS) is 19.3. The molecule has 0 aliphatic carbocycles. The highest BCUT2D eigenvalue weighted by atomic mass is 16.7. The van der Waals surface area contributed by atoms with Gasteiger partial charge in [0.05, 0.1) is 18.3 Å². The van der Waals surface area contributed by atoms with Gasteiger partial charge in [-0.15, -0.1) is 0 Å². The summed E-state index contributed by atoms with van der Waals surface area (Å²) < 4.78 is 18.2. The number of ether oxygens (including phenoxy) is 1. The Morgan fingerprint density at radius 1 is 0.923 bits per heavy atom. The molecule has 4 heteroatoms. The van der Waals surface area contributed by atoms with Crippen molar-refractivity contribution in [3.8, 4) is 5.75 Å². The van der Waals surface area contributed by atoms with E-state index < -0.39 is 0 Å². The third-order valence-corrected chi connectivity index (χ3v) is 5.71. The molecule has 0 saturated carbocycles. The number of aryl methyl sites for hydroxylation is 1. The number of benzene rings is 2. The molecular weight excluding hydrogens is 323 g/mol. The van der Waals surface area contributed by atoms with Crippen LogP contribution in [0.1, 0.15) is 51.1 Å². The second-order valence-corrected chi connectivity index (χ2v) is 8.03. The fourth-order valence-corrected chi connectivity index (χ4v) is 3.35. The lowest BCUT2D eigenvalue weighted by atomic mass is 9.65. The lowest BCUT2D eigenvalue weighted by Crippen LogP contribution is -2.41. The zero-order chi connectivity index (χ0) is 18.8. The second kappa shape index (κ2) is 7.46. The van der Waals surface area contributed by atoms with Crippen LogP contribution in [0.3, 0.4) is 0 Å². The van der Waals surface area contributed by atoms with Crippen LogP contribution in [0, 0.1) is 0 Å². The van der Waals surface area contributed by atoms with Gasteiger partial charge in [0, 0.05) is 5.82 Å². The molecule has 0 radical (unpaired) electrons. The fourth-order valence-electron chi connectivity index (χ4n) is 3.35. The monoisotopic (exact) mass is 352 g/mol. The summed E-state index contributed by atoms with van der Waals surface area (Å²) >= 11 is 0. The lowest BCUT2D eigenvalue weighted by molar-refractivity contribution is 0.00578. The van der Waals surface area contributed by atoms with Gasteiger partial charge in [-0.25, -0.2) is 0 Å². The Balaban J connectivity index is 1.86. The summed E-state index contributed by atoms with van der Waals surface area (Å²) in [5, 5.41) is 0. The molecule has 1 fully saturated rings. The zero-order valence-electron chi connectivity index (χ0n) is 16.5. The van der Waals surface area contributed by atoms with Gasteiger partial charge >= 0.3 is 7.12 Å². The topological polar surface area (TPSA) is 27.7 Å². The molecule has 0 N–H and O–H groups in total. The van der Waals surface area contributed by atoms with E-state index in [2.05, 4.69) is 70.2 Å². The molecule has 3 rings (SSSR count). The van der Waals surface area contributed by atoms with Crippen LogP contribution in [0.25, 0.3) is 0 Å². The Morgan fingerprint density at radius 3 is 2.19 bits per heavy atom. The molecule has 1 heterocycles. The molecule has 0 spiro atoms. The lowest BCUT2D eigenvalue weighted by Gasteiger charge is -2.32. The summed E-state index contributed by atoms with van der Waals surface area (Å²) in [6.45, 7) is 8.42. The van der Waals surface area contributed by atoms with E-state index in [4.69, 9.17) is 14.0 Å². The molecule has 26 heavy (non-hydrogen) atoms. The van der Waals surface area contributed by atoms with Crippen molar-refractivity contribution in [2.45, 2.75) is 57.6 Å². The minimum Gasteiger partial charge on any atom is -0.497 e. The van der Waals surface area contributed by atoms with E-state index in [0.29, 0.717) is 0 Å². The highest BCUT2D eigenvalue weighted by Gasteiger charge is 2.53. The Morgan fingerprint density at radius 2 is 1.58 bits per heavy atom. The number of rotatable bonds is 6. The number of methoxy groups -OCH3 is 1. The van der Waals surface area contributed by atoms with E-state index in [9.17, 15) is 0 Å². The Kier molecular flexibility index (Phi) is 5.45. The highest BCUT2D eigenvalue weighted by Crippen LogP contribution is 2.42. The fraction of sp³-hybridized carbons (Fsp3) is 0.455. The Labute approximate surface area is 157 Å². The Bertz CT molecular complexity index is 711. The van der Waals surface area contributed by atoms with Crippen LogP contribution in [0.2, 0.25) is 0 Å². The molecular formula is C22H29BO3. The van der Waals surface area contributed by atoms with Crippen LogP contribution in [0.15, 0.2) is 54.6 Å². The maximum Gasteiger partial charge on any atom is 0.465 e. The van der Waals surface area contributed by atoms with Crippen molar-refractivity contribution >= 4 is 7.12 Å². The summed E-state index contributed by atoms with van der Waals surface area (Å²) in [5.41, 5.74) is 1.86. The Hall–Kier alpha value is -1.78. The van der Waals surface area contributed by atoms with Gasteiger partial charge < -0.3 is 14.0 Å². The average Bonchev–Trinajstić information content (AvgIpc) is 2.83. The molecule has 1 unspecified atom stereocenters. The molecule has 3 nitrogen and oxygen atoms in total. The smallest absolute Gasteiger partial charge is 0.465 e. The van der Waals surface area contributed by atoms with E-state index >= 15 is 0 Å². The quantitative estimate of drug-likeness (QED) is 0.682. The van der Waals surface area contributed by atoms with Crippen molar-refractivity contribution in [1.82, 2.24) is 0 Å². The van der Waals surface area contributed by atoms with Crippen LogP contribution < -0.4 is 4.74 Å². The van der Waals surface area contributed by atoms with Crippen LogP contribution >= 0.6 is 0 Å². The van der Waals surface area contributed by atoms with Crippen molar-refractivity contribution in [3.63, 3.8) is 0 Å². The standard InChI is InChI=1S/C22H29BO3/c1-21(2)22(3,4)26-23(25-21)20(15-14-17-10-7-6-8-11-17)18-12-9-13-19(16-18)24-5/h6-13,16,20H,14-15H2,1-5H3. The van der Waals surface area contributed by atoms with E-state index in [0.717, 1.165) is 18.6 Å². The van der Waals surface area contributed by atoms with Crippen molar-refractivity contribution in [2.24, 2.45) is 0 Å².